The van der Waals surface area contributed by atoms with E-state index in [1.54, 1.807) is 0 Å². The molecule has 146 valence electrons. The smallest absolute Gasteiger partial charge is 0.224 e. The normalized spacial score (nSPS) is 11.1. The average Bonchev–Trinajstić information content (AvgIpc) is 2.60. The summed E-state index contributed by atoms with van der Waals surface area (Å²) in [4.78, 5) is 12.5. The lowest BCUT2D eigenvalue weighted by Gasteiger charge is -2.20. The van der Waals surface area contributed by atoms with Crippen molar-refractivity contribution in [3.63, 3.8) is 0 Å². The Morgan fingerprint density at radius 1 is 1.07 bits per heavy atom. The van der Waals surface area contributed by atoms with Crippen molar-refractivity contribution in [3.05, 3.63) is 58.1 Å². The van der Waals surface area contributed by atoms with Crippen molar-refractivity contribution in [2.24, 2.45) is 0 Å². The number of ether oxygens (including phenoxy) is 1. The Morgan fingerprint density at radius 3 is 2.26 bits per heavy atom. The van der Waals surface area contributed by atoms with E-state index in [0.29, 0.717) is 36.3 Å². The third-order valence-corrected chi connectivity index (χ3v) is 4.82. The van der Waals surface area contributed by atoms with E-state index < -0.39 is 0 Å². The number of hydrogen-bond acceptors (Lipinski definition) is 2. The molecule has 0 aliphatic carbocycles. The molecule has 0 saturated carbocycles. The second-order valence-corrected chi connectivity index (χ2v) is 7.97. The highest BCUT2D eigenvalue weighted by atomic mass is 35.5. The molecule has 0 bridgehead atoms. The Morgan fingerprint density at radius 2 is 1.70 bits per heavy atom. The van der Waals surface area contributed by atoms with Crippen LogP contribution in [0.3, 0.4) is 0 Å². The largest absolute Gasteiger partial charge is 0.493 e. The van der Waals surface area contributed by atoms with Crippen LogP contribution in [0.4, 0.5) is 5.69 Å². The van der Waals surface area contributed by atoms with Gasteiger partial charge in [0.25, 0.3) is 0 Å². The van der Waals surface area contributed by atoms with E-state index >= 15 is 0 Å². The quantitative estimate of drug-likeness (QED) is 0.512. The van der Waals surface area contributed by atoms with E-state index in [2.05, 4.69) is 51.2 Å². The maximum atomic E-state index is 12.5. The number of rotatable bonds is 8. The number of amides is 1. The maximum Gasteiger partial charge on any atom is 0.224 e. The third-order valence-electron chi connectivity index (χ3n) is 4.58. The molecule has 1 amide bonds. The molecule has 0 spiro atoms. The van der Waals surface area contributed by atoms with Crippen molar-refractivity contribution in [1.29, 1.82) is 0 Å². The molecule has 2 rings (SSSR count). The van der Waals surface area contributed by atoms with Crippen molar-refractivity contribution in [2.75, 3.05) is 11.9 Å². The molecule has 2 aromatic rings. The van der Waals surface area contributed by atoms with Crippen LogP contribution in [0.5, 0.6) is 5.75 Å². The number of hydrogen-bond donors (Lipinski definition) is 1. The van der Waals surface area contributed by atoms with E-state index in [1.807, 2.05) is 25.1 Å². The molecule has 0 heterocycles. The minimum absolute atomic E-state index is 0.0291. The molecular formula is C23H30ClNO2. The van der Waals surface area contributed by atoms with Gasteiger partial charge in [-0.15, -0.1) is 0 Å². The van der Waals surface area contributed by atoms with Gasteiger partial charge in [-0.1, -0.05) is 57.5 Å². The van der Waals surface area contributed by atoms with Crippen LogP contribution in [0.25, 0.3) is 0 Å². The Bertz CT molecular complexity index is 758. The zero-order valence-electron chi connectivity index (χ0n) is 16.9. The first-order chi connectivity index (χ1) is 12.8. The molecule has 0 aliphatic heterocycles. The second kappa shape index (κ2) is 9.80. The van der Waals surface area contributed by atoms with E-state index in [1.165, 1.54) is 11.1 Å². The van der Waals surface area contributed by atoms with Gasteiger partial charge in [-0.3, -0.25) is 4.79 Å². The molecule has 0 saturated heterocycles. The zero-order valence-corrected chi connectivity index (χ0v) is 17.7. The van der Waals surface area contributed by atoms with Crippen molar-refractivity contribution in [2.45, 2.75) is 59.3 Å². The van der Waals surface area contributed by atoms with Gasteiger partial charge in [-0.25, -0.2) is 0 Å². The van der Waals surface area contributed by atoms with Crippen molar-refractivity contribution >= 4 is 23.2 Å². The molecule has 0 aliphatic rings. The summed E-state index contributed by atoms with van der Waals surface area (Å²) in [5, 5.41) is 3.85. The molecule has 0 fully saturated rings. The van der Waals surface area contributed by atoms with Crippen LogP contribution in [0.2, 0.25) is 5.02 Å². The van der Waals surface area contributed by atoms with Crippen LogP contribution in [-0.4, -0.2) is 12.5 Å². The number of aryl methyl sites for hydroxylation is 1. The summed E-state index contributed by atoms with van der Waals surface area (Å²) >= 11 is 5.96. The van der Waals surface area contributed by atoms with Gasteiger partial charge < -0.3 is 10.1 Å². The second-order valence-electron chi connectivity index (χ2n) is 7.53. The number of halogens is 1. The van der Waals surface area contributed by atoms with Gasteiger partial charge in [-0.2, -0.15) is 0 Å². The summed E-state index contributed by atoms with van der Waals surface area (Å²) in [6.45, 7) is 11.1. The molecule has 1 N–H and O–H groups in total. The number of benzene rings is 2. The molecule has 0 atom stereocenters. The lowest BCUT2D eigenvalue weighted by atomic mass is 9.92. The fraction of sp³-hybridized carbons (Fsp3) is 0.435. The summed E-state index contributed by atoms with van der Waals surface area (Å²) in [5.74, 6) is 1.55. The predicted octanol–water partition coefficient (Wildman–Crippen LogP) is 6.69. The van der Waals surface area contributed by atoms with Crippen LogP contribution >= 0.6 is 11.6 Å². The highest BCUT2D eigenvalue weighted by molar-refractivity contribution is 6.30. The van der Waals surface area contributed by atoms with Gasteiger partial charge in [0.05, 0.1) is 6.61 Å². The van der Waals surface area contributed by atoms with Crippen LogP contribution in [0.15, 0.2) is 36.4 Å². The molecule has 4 heteroatoms. The van der Waals surface area contributed by atoms with Crippen LogP contribution in [-0.2, 0) is 4.79 Å². The van der Waals surface area contributed by atoms with Gasteiger partial charge in [0.2, 0.25) is 5.91 Å². The number of para-hydroxylation sites is 1. The van der Waals surface area contributed by atoms with Crippen molar-refractivity contribution in [3.8, 4) is 5.75 Å². The molecule has 0 unspecified atom stereocenters. The Labute approximate surface area is 168 Å². The van der Waals surface area contributed by atoms with E-state index in [4.69, 9.17) is 16.3 Å². The lowest BCUT2D eigenvalue weighted by molar-refractivity contribution is -0.116. The third kappa shape index (κ3) is 6.00. The lowest BCUT2D eigenvalue weighted by Crippen LogP contribution is -2.16. The Balaban J connectivity index is 1.94. The summed E-state index contributed by atoms with van der Waals surface area (Å²) in [6, 6.07) is 11.8. The van der Waals surface area contributed by atoms with Crippen molar-refractivity contribution in [1.82, 2.24) is 0 Å². The van der Waals surface area contributed by atoms with Crippen LogP contribution in [0, 0.1) is 6.92 Å². The number of nitrogens with one attached hydrogen (secondary N) is 1. The zero-order chi connectivity index (χ0) is 20.0. The molecular weight excluding hydrogens is 358 g/mol. The monoisotopic (exact) mass is 387 g/mol. The molecule has 0 aromatic heterocycles. The Kier molecular flexibility index (Phi) is 7.73. The molecule has 27 heavy (non-hydrogen) atoms. The summed E-state index contributed by atoms with van der Waals surface area (Å²) in [7, 11) is 0. The number of carbonyl (C=O) groups is 1. The fourth-order valence-corrected chi connectivity index (χ4v) is 3.31. The minimum atomic E-state index is 0.0291. The van der Waals surface area contributed by atoms with Crippen LogP contribution in [0.1, 0.15) is 69.1 Å². The summed E-state index contributed by atoms with van der Waals surface area (Å²) in [5.41, 5.74) is 4.34. The number of anilines is 1. The topological polar surface area (TPSA) is 38.3 Å². The van der Waals surface area contributed by atoms with Crippen molar-refractivity contribution < 1.29 is 9.53 Å². The first-order valence-corrected chi connectivity index (χ1v) is 9.99. The van der Waals surface area contributed by atoms with Crippen LogP contribution < -0.4 is 10.1 Å². The van der Waals surface area contributed by atoms with Gasteiger partial charge >= 0.3 is 0 Å². The van der Waals surface area contributed by atoms with E-state index in [-0.39, 0.29) is 5.91 Å². The number of carbonyl (C=O) groups excluding carboxylic acids is 1. The van der Waals surface area contributed by atoms with Gasteiger partial charge in [0.1, 0.15) is 5.75 Å². The maximum absolute atomic E-state index is 12.5. The summed E-state index contributed by atoms with van der Waals surface area (Å²) < 4.78 is 5.78. The highest BCUT2D eigenvalue weighted by Gasteiger charge is 2.15. The molecule has 3 nitrogen and oxygen atoms in total. The SMILES string of the molecule is Cc1cc(Cl)ccc1OCCCC(=O)Nc1c(C(C)C)cccc1C(C)C. The van der Waals surface area contributed by atoms with Gasteiger partial charge in [0.15, 0.2) is 0 Å². The van der Waals surface area contributed by atoms with Gasteiger partial charge in [0, 0.05) is 17.1 Å². The average molecular weight is 388 g/mol. The fourth-order valence-electron chi connectivity index (χ4n) is 3.09. The van der Waals surface area contributed by atoms with E-state index in [0.717, 1.165) is 17.0 Å². The highest BCUT2D eigenvalue weighted by Crippen LogP contribution is 2.32. The first kappa shape index (κ1) is 21.3. The first-order valence-electron chi connectivity index (χ1n) is 9.61. The van der Waals surface area contributed by atoms with Gasteiger partial charge in [-0.05, 0) is 60.1 Å². The Hall–Kier alpha value is -2.00. The standard InChI is InChI=1S/C23H30ClNO2/c1-15(2)19-8-6-9-20(16(3)4)23(19)25-22(26)10-7-13-27-21-12-11-18(24)14-17(21)5/h6,8-9,11-12,14-16H,7,10,13H2,1-5H3,(H,25,26). The van der Waals surface area contributed by atoms with E-state index in [9.17, 15) is 4.79 Å². The minimum Gasteiger partial charge on any atom is -0.493 e. The molecule has 2 aromatic carbocycles. The molecule has 0 radical (unpaired) electrons. The summed E-state index contributed by atoms with van der Waals surface area (Å²) in [6.07, 6.45) is 1.09. The predicted molar refractivity (Wildman–Crippen MR) is 114 cm³/mol.